The second-order valence-electron chi connectivity index (χ2n) is 4.39. The number of ether oxygens (including phenoxy) is 1. The van der Waals surface area contributed by atoms with Crippen LogP contribution in [0.3, 0.4) is 0 Å². The second kappa shape index (κ2) is 4.64. The third-order valence-corrected chi connectivity index (χ3v) is 2.53. The minimum Gasteiger partial charge on any atom is -0.489 e. The van der Waals surface area contributed by atoms with Crippen LogP contribution in [-0.2, 0) is 0 Å². The number of nitrogens with zero attached hydrogens (tertiary/aromatic N) is 2. The lowest BCUT2D eigenvalue weighted by Crippen LogP contribution is -2.25. The largest absolute Gasteiger partial charge is 0.489 e. The summed E-state index contributed by atoms with van der Waals surface area (Å²) in [5, 5.41) is 9.10. The third-order valence-electron chi connectivity index (χ3n) is 2.53. The quantitative estimate of drug-likeness (QED) is 0.863. The van der Waals surface area contributed by atoms with E-state index in [4.69, 9.17) is 9.84 Å². The molecule has 6 nitrogen and oxygen atoms in total. The number of amides is 1. The minimum absolute atomic E-state index is 0.0735. The average Bonchev–Trinajstić information content (AvgIpc) is 3.11. The van der Waals surface area contributed by atoms with Gasteiger partial charge in [-0.1, -0.05) is 0 Å². The molecule has 0 unspecified atom stereocenters. The zero-order valence-corrected chi connectivity index (χ0v) is 10.2. The molecule has 2 rings (SSSR count). The lowest BCUT2D eigenvalue weighted by Gasteiger charge is -2.12. The van der Waals surface area contributed by atoms with Crippen LogP contribution < -0.4 is 4.74 Å². The van der Waals surface area contributed by atoms with Gasteiger partial charge in [0.1, 0.15) is 11.4 Å². The van der Waals surface area contributed by atoms with E-state index in [1.54, 1.807) is 14.1 Å². The Kier molecular flexibility index (Phi) is 3.18. The van der Waals surface area contributed by atoms with Crippen molar-refractivity contribution in [3.63, 3.8) is 0 Å². The molecular formula is C12H14N2O4. The number of pyridine rings is 1. The van der Waals surface area contributed by atoms with Gasteiger partial charge in [-0.15, -0.1) is 0 Å². The summed E-state index contributed by atoms with van der Waals surface area (Å²) < 4.78 is 5.46. The van der Waals surface area contributed by atoms with E-state index in [0.717, 1.165) is 12.8 Å². The van der Waals surface area contributed by atoms with Crippen molar-refractivity contribution in [2.24, 2.45) is 0 Å². The summed E-state index contributed by atoms with van der Waals surface area (Å²) in [6.07, 6.45) is 3.49. The molecular weight excluding hydrogens is 236 g/mol. The molecule has 96 valence electrons. The monoisotopic (exact) mass is 250 g/mol. The fraction of sp³-hybridized carbons (Fsp3) is 0.417. The average molecular weight is 250 g/mol. The van der Waals surface area contributed by atoms with E-state index in [2.05, 4.69) is 4.98 Å². The summed E-state index contributed by atoms with van der Waals surface area (Å²) in [5.74, 6) is -1.23. The first-order chi connectivity index (χ1) is 8.49. The van der Waals surface area contributed by atoms with Crippen LogP contribution in [0.5, 0.6) is 5.75 Å². The van der Waals surface area contributed by atoms with Gasteiger partial charge < -0.3 is 14.7 Å². The van der Waals surface area contributed by atoms with Crippen LogP contribution in [0.4, 0.5) is 0 Å². The molecule has 0 spiro atoms. The normalized spacial score (nSPS) is 14.1. The smallest absolute Gasteiger partial charge is 0.338 e. The van der Waals surface area contributed by atoms with Crippen molar-refractivity contribution in [1.29, 1.82) is 0 Å². The summed E-state index contributed by atoms with van der Waals surface area (Å²) in [6.45, 7) is 0. The molecule has 1 aliphatic carbocycles. The standard InChI is InChI=1S/C12H14N2O4/c1-14(2)11(15)10-9(12(16)17)5-8(6-13-10)18-7-3-4-7/h5-7H,3-4H2,1-2H3,(H,16,17). The van der Waals surface area contributed by atoms with Gasteiger partial charge in [0.2, 0.25) is 0 Å². The Balaban J connectivity index is 2.34. The minimum atomic E-state index is -1.19. The fourth-order valence-electron chi connectivity index (χ4n) is 1.43. The molecule has 0 aliphatic heterocycles. The van der Waals surface area contributed by atoms with Gasteiger partial charge in [-0.25, -0.2) is 9.78 Å². The highest BCUT2D eigenvalue weighted by Gasteiger charge is 2.26. The van der Waals surface area contributed by atoms with Crippen molar-refractivity contribution in [3.8, 4) is 5.75 Å². The summed E-state index contributed by atoms with van der Waals surface area (Å²) in [6, 6.07) is 1.35. The summed E-state index contributed by atoms with van der Waals surface area (Å²) in [4.78, 5) is 28.1. The van der Waals surface area contributed by atoms with Crippen LogP contribution >= 0.6 is 0 Å². The van der Waals surface area contributed by atoms with Crippen LogP contribution in [0.1, 0.15) is 33.7 Å². The van der Waals surface area contributed by atoms with Gasteiger partial charge >= 0.3 is 5.97 Å². The lowest BCUT2D eigenvalue weighted by molar-refractivity contribution is 0.0682. The van der Waals surface area contributed by atoms with Gasteiger partial charge in [0, 0.05) is 14.1 Å². The van der Waals surface area contributed by atoms with E-state index < -0.39 is 11.9 Å². The fourth-order valence-corrected chi connectivity index (χ4v) is 1.43. The molecule has 0 atom stereocenters. The van der Waals surface area contributed by atoms with Gasteiger partial charge in [-0.05, 0) is 18.9 Å². The molecule has 1 amide bonds. The van der Waals surface area contributed by atoms with E-state index in [1.807, 2.05) is 0 Å². The summed E-state index contributed by atoms with van der Waals surface area (Å²) in [5.41, 5.74) is -0.206. The number of carbonyl (C=O) groups excluding carboxylic acids is 1. The molecule has 0 radical (unpaired) electrons. The molecule has 0 saturated heterocycles. The number of hydrogen-bond donors (Lipinski definition) is 1. The Bertz CT molecular complexity index is 495. The first-order valence-corrected chi connectivity index (χ1v) is 5.60. The van der Waals surface area contributed by atoms with Crippen molar-refractivity contribution in [3.05, 3.63) is 23.5 Å². The van der Waals surface area contributed by atoms with Crippen molar-refractivity contribution in [1.82, 2.24) is 9.88 Å². The van der Waals surface area contributed by atoms with E-state index in [9.17, 15) is 9.59 Å². The van der Waals surface area contributed by atoms with E-state index in [-0.39, 0.29) is 17.4 Å². The summed E-state index contributed by atoms with van der Waals surface area (Å²) in [7, 11) is 3.09. The van der Waals surface area contributed by atoms with Crippen molar-refractivity contribution >= 4 is 11.9 Å². The third kappa shape index (κ3) is 2.58. The molecule has 1 N–H and O–H groups in total. The van der Waals surface area contributed by atoms with Crippen LogP contribution in [0.15, 0.2) is 12.3 Å². The maximum Gasteiger partial charge on any atom is 0.338 e. The van der Waals surface area contributed by atoms with Crippen molar-refractivity contribution < 1.29 is 19.4 Å². The van der Waals surface area contributed by atoms with E-state index in [1.165, 1.54) is 17.2 Å². The maximum absolute atomic E-state index is 11.8. The Hall–Kier alpha value is -2.11. The number of aromatic nitrogens is 1. The van der Waals surface area contributed by atoms with Crippen LogP contribution in [0.2, 0.25) is 0 Å². The van der Waals surface area contributed by atoms with Crippen LogP contribution in [0, 0.1) is 0 Å². The van der Waals surface area contributed by atoms with Gasteiger partial charge in [-0.2, -0.15) is 0 Å². The Morgan fingerprint density at radius 1 is 1.44 bits per heavy atom. The van der Waals surface area contributed by atoms with Crippen LogP contribution in [-0.4, -0.2) is 47.1 Å². The van der Waals surface area contributed by atoms with Crippen LogP contribution in [0.25, 0.3) is 0 Å². The molecule has 6 heteroatoms. The zero-order valence-electron chi connectivity index (χ0n) is 10.2. The first-order valence-electron chi connectivity index (χ1n) is 5.60. The predicted molar refractivity (Wildman–Crippen MR) is 62.9 cm³/mol. The first kappa shape index (κ1) is 12.3. The molecule has 18 heavy (non-hydrogen) atoms. The molecule has 1 aromatic rings. The number of carboxylic acids is 1. The SMILES string of the molecule is CN(C)C(=O)c1ncc(OC2CC2)cc1C(=O)O. The molecule has 1 saturated carbocycles. The predicted octanol–water partition coefficient (Wildman–Crippen LogP) is 1.02. The number of hydrogen-bond acceptors (Lipinski definition) is 4. The Labute approximate surface area is 104 Å². The molecule has 1 aliphatic rings. The number of carboxylic acid groups (broad SMARTS) is 1. The van der Waals surface area contributed by atoms with E-state index in [0.29, 0.717) is 5.75 Å². The topological polar surface area (TPSA) is 79.7 Å². The second-order valence-corrected chi connectivity index (χ2v) is 4.39. The molecule has 0 bridgehead atoms. The highest BCUT2D eigenvalue weighted by molar-refractivity contribution is 6.03. The molecule has 1 heterocycles. The molecule has 1 aromatic heterocycles. The Morgan fingerprint density at radius 2 is 2.11 bits per heavy atom. The van der Waals surface area contributed by atoms with Crippen molar-refractivity contribution in [2.75, 3.05) is 14.1 Å². The highest BCUT2D eigenvalue weighted by Crippen LogP contribution is 2.27. The van der Waals surface area contributed by atoms with Crippen molar-refractivity contribution in [2.45, 2.75) is 18.9 Å². The number of aromatic carboxylic acids is 1. The summed E-state index contributed by atoms with van der Waals surface area (Å²) >= 11 is 0. The maximum atomic E-state index is 11.8. The van der Waals surface area contributed by atoms with Gasteiger partial charge in [0.05, 0.1) is 17.9 Å². The van der Waals surface area contributed by atoms with Gasteiger partial charge in [-0.3, -0.25) is 4.79 Å². The molecule has 0 aromatic carbocycles. The molecule has 1 fully saturated rings. The van der Waals surface area contributed by atoms with Gasteiger partial charge in [0.25, 0.3) is 5.91 Å². The number of carbonyl (C=O) groups is 2. The zero-order chi connectivity index (χ0) is 13.3. The van der Waals surface area contributed by atoms with E-state index >= 15 is 0 Å². The Morgan fingerprint density at radius 3 is 2.61 bits per heavy atom. The lowest BCUT2D eigenvalue weighted by atomic mass is 10.1. The van der Waals surface area contributed by atoms with Gasteiger partial charge in [0.15, 0.2) is 0 Å². The number of rotatable bonds is 4. The highest BCUT2D eigenvalue weighted by atomic mass is 16.5.